The molecule has 0 aromatic heterocycles. The van der Waals surface area contributed by atoms with Crippen molar-refractivity contribution in [3.05, 3.63) is 24.3 Å². The van der Waals surface area contributed by atoms with E-state index in [-0.39, 0.29) is 6.41 Å². The number of nitrogens with two attached hydrogens (primary N) is 1. The van der Waals surface area contributed by atoms with Crippen LogP contribution in [0.3, 0.4) is 0 Å². The van der Waals surface area contributed by atoms with Crippen molar-refractivity contribution in [3.63, 3.8) is 0 Å². The first-order valence-corrected chi connectivity index (χ1v) is 20.9. The first-order valence-electron chi connectivity index (χ1n) is 20.9. The molecule has 1 amide bonds. The Morgan fingerprint density at radius 2 is 0.660 bits per heavy atom. The third kappa shape index (κ3) is 64.4. The summed E-state index contributed by atoms with van der Waals surface area (Å²) >= 11 is 0. The normalized spacial score (nSPS) is 10.7. The summed E-state index contributed by atoms with van der Waals surface area (Å²) < 4.78 is 0. The number of nitrogens with zero attached hydrogens (tertiary/aromatic N) is 1. The maximum Gasteiger partial charge on any atom is 0.303 e. The van der Waals surface area contributed by atoms with Gasteiger partial charge in [0.05, 0.1) is 0 Å². The van der Waals surface area contributed by atoms with Gasteiger partial charge >= 0.3 is 11.9 Å². The first-order chi connectivity index (χ1) is 24.3. The molecule has 0 saturated heterocycles. The number of rotatable bonds is 33. The van der Waals surface area contributed by atoms with Gasteiger partial charge in [-0.25, -0.2) is 0 Å². The topological polar surface area (TPSA) is 121 Å². The highest BCUT2D eigenvalue weighted by Gasteiger charge is 1.97. The van der Waals surface area contributed by atoms with Crippen LogP contribution in [0.5, 0.6) is 0 Å². The van der Waals surface area contributed by atoms with Crippen molar-refractivity contribution in [2.75, 3.05) is 19.6 Å². The van der Waals surface area contributed by atoms with Crippen molar-refractivity contribution >= 4 is 18.3 Å². The van der Waals surface area contributed by atoms with Gasteiger partial charge in [0.15, 0.2) is 0 Å². The maximum atomic E-state index is 10.3. The lowest BCUT2D eigenvalue weighted by Gasteiger charge is -2.13. The third-order valence-electron chi connectivity index (χ3n) is 8.65. The van der Waals surface area contributed by atoms with Gasteiger partial charge in [-0.15, -0.1) is 0 Å². The number of primary amides is 1. The summed E-state index contributed by atoms with van der Waals surface area (Å²) in [5.41, 5.74) is 4.17. The average Bonchev–Trinajstić information content (AvgIpc) is 3.09. The number of carbonyl (C=O) groups is 3. The fourth-order valence-corrected chi connectivity index (χ4v) is 5.36. The number of hydrogen-bond acceptors (Lipinski definition) is 4. The summed E-state index contributed by atoms with van der Waals surface area (Å²) in [6, 6.07) is 0. The van der Waals surface area contributed by atoms with Crippen LogP contribution in [0.1, 0.15) is 214 Å². The van der Waals surface area contributed by atoms with E-state index in [1.165, 1.54) is 161 Å². The Hall–Kier alpha value is -2.15. The molecule has 0 bridgehead atoms. The van der Waals surface area contributed by atoms with Crippen LogP contribution >= 0.6 is 0 Å². The molecule has 7 nitrogen and oxygen atoms in total. The molecule has 4 N–H and O–H groups in total. The molecule has 0 heterocycles. The van der Waals surface area contributed by atoms with Crippen LogP contribution in [0.15, 0.2) is 24.3 Å². The Kier molecular flexibility index (Phi) is 58.6. The summed E-state index contributed by atoms with van der Waals surface area (Å²) in [5.74, 6) is -1.33. The second kappa shape index (κ2) is 53.6. The van der Waals surface area contributed by atoms with E-state index in [1.54, 1.807) is 0 Å². The summed E-state index contributed by atoms with van der Waals surface area (Å²) in [5, 5.41) is 17.0. The number of allylic oxidation sites excluding steroid dienone is 4. The van der Waals surface area contributed by atoms with E-state index >= 15 is 0 Å². The van der Waals surface area contributed by atoms with Crippen molar-refractivity contribution in [3.8, 4) is 0 Å². The molecular weight excluding hydrogens is 624 g/mol. The monoisotopic (exact) mass is 711 g/mol. The van der Waals surface area contributed by atoms with Gasteiger partial charge in [0, 0.05) is 12.8 Å². The molecule has 0 radical (unpaired) electrons. The molecular formula is C43H86N2O5. The Labute approximate surface area is 311 Å². The van der Waals surface area contributed by atoms with Gasteiger partial charge in [-0.05, 0) is 83.8 Å². The molecule has 0 aromatic carbocycles. The molecule has 0 atom stereocenters. The van der Waals surface area contributed by atoms with Crippen LogP contribution in [-0.2, 0) is 14.4 Å². The van der Waals surface area contributed by atoms with E-state index < -0.39 is 11.9 Å². The Morgan fingerprint density at radius 1 is 0.440 bits per heavy atom. The fraction of sp³-hybridized carbons (Fsp3) is 0.837. The predicted octanol–water partition coefficient (Wildman–Crippen LogP) is 12.7. The maximum absolute atomic E-state index is 10.3. The summed E-state index contributed by atoms with van der Waals surface area (Å²) in [7, 11) is 0. The molecule has 298 valence electrons. The van der Waals surface area contributed by atoms with Crippen LogP contribution < -0.4 is 5.73 Å². The highest BCUT2D eigenvalue weighted by Crippen LogP contribution is 2.11. The number of carboxylic acid groups (broad SMARTS) is 2. The van der Waals surface area contributed by atoms with Gasteiger partial charge in [0.1, 0.15) is 0 Å². The molecule has 0 saturated carbocycles. The van der Waals surface area contributed by atoms with Crippen molar-refractivity contribution in [2.45, 2.75) is 214 Å². The van der Waals surface area contributed by atoms with E-state index in [4.69, 9.17) is 15.0 Å². The van der Waals surface area contributed by atoms with Crippen LogP contribution in [0.25, 0.3) is 0 Å². The van der Waals surface area contributed by atoms with Crippen molar-refractivity contribution in [1.29, 1.82) is 0 Å². The summed E-state index contributed by atoms with van der Waals surface area (Å²) in [6.07, 6.45) is 42.7. The molecule has 0 aliphatic carbocycles. The van der Waals surface area contributed by atoms with Crippen LogP contribution in [0.4, 0.5) is 0 Å². The molecule has 0 unspecified atom stereocenters. The van der Waals surface area contributed by atoms with Gasteiger partial charge in [-0.2, -0.15) is 0 Å². The van der Waals surface area contributed by atoms with Crippen molar-refractivity contribution in [1.82, 2.24) is 4.90 Å². The number of unbranched alkanes of at least 4 members (excludes halogenated alkanes) is 22. The fourth-order valence-electron chi connectivity index (χ4n) is 5.36. The lowest BCUT2D eigenvalue weighted by Crippen LogP contribution is -2.21. The van der Waals surface area contributed by atoms with Crippen LogP contribution in [-0.4, -0.2) is 53.1 Å². The number of hydrogen-bond donors (Lipinski definition) is 3. The van der Waals surface area contributed by atoms with Crippen LogP contribution in [0.2, 0.25) is 0 Å². The largest absolute Gasteiger partial charge is 0.481 e. The SMILES string of the molecule is CCCCCCCC/C=C\CCCCCCCC(=O)O.CCCCCCCC/C=C\CCCCCCCC(=O)O.CCN(CC)CC.NC=O. The Bertz CT molecular complexity index is 652. The van der Waals surface area contributed by atoms with E-state index in [0.29, 0.717) is 12.8 Å². The highest BCUT2D eigenvalue weighted by atomic mass is 16.4. The number of carboxylic acids is 2. The molecule has 7 heteroatoms. The lowest BCUT2D eigenvalue weighted by molar-refractivity contribution is -0.138. The molecule has 0 fully saturated rings. The quantitative estimate of drug-likeness (QED) is 0.0354. The molecule has 0 aliphatic heterocycles. The second-order valence-electron chi connectivity index (χ2n) is 13.2. The van der Waals surface area contributed by atoms with Crippen LogP contribution in [0, 0.1) is 0 Å². The molecule has 0 aliphatic rings. The van der Waals surface area contributed by atoms with Crippen molar-refractivity contribution < 1.29 is 24.6 Å². The zero-order valence-corrected chi connectivity index (χ0v) is 34.0. The molecule has 50 heavy (non-hydrogen) atoms. The van der Waals surface area contributed by atoms with Gasteiger partial charge in [0.2, 0.25) is 6.41 Å². The molecule has 0 aromatic rings. The lowest BCUT2D eigenvalue weighted by atomic mass is 10.1. The predicted molar refractivity (Wildman–Crippen MR) is 218 cm³/mol. The van der Waals surface area contributed by atoms with Gasteiger partial charge in [-0.1, -0.05) is 162 Å². The minimum Gasteiger partial charge on any atom is -0.481 e. The zero-order valence-electron chi connectivity index (χ0n) is 34.0. The number of aliphatic carboxylic acids is 2. The van der Waals surface area contributed by atoms with Crippen molar-refractivity contribution in [2.24, 2.45) is 5.73 Å². The molecule has 0 spiro atoms. The van der Waals surface area contributed by atoms with Gasteiger partial charge in [0.25, 0.3) is 0 Å². The third-order valence-corrected chi connectivity index (χ3v) is 8.65. The van der Waals surface area contributed by atoms with Gasteiger partial charge < -0.3 is 20.8 Å². The highest BCUT2D eigenvalue weighted by molar-refractivity contribution is 5.66. The number of carbonyl (C=O) groups excluding carboxylic acids is 1. The first kappa shape index (κ1) is 54.6. The second-order valence-corrected chi connectivity index (χ2v) is 13.2. The minimum absolute atomic E-state index is 0.250. The Balaban J connectivity index is -0.000000333. The molecule has 0 rings (SSSR count). The Morgan fingerprint density at radius 3 is 0.860 bits per heavy atom. The van der Waals surface area contributed by atoms with E-state index in [9.17, 15) is 9.59 Å². The number of amides is 1. The zero-order chi connectivity index (χ0) is 38.2. The van der Waals surface area contributed by atoms with Gasteiger partial charge in [-0.3, -0.25) is 14.4 Å². The van der Waals surface area contributed by atoms with E-state index in [0.717, 1.165) is 25.7 Å². The smallest absolute Gasteiger partial charge is 0.303 e. The minimum atomic E-state index is -0.664. The van der Waals surface area contributed by atoms with E-state index in [2.05, 4.69) is 69.6 Å². The van der Waals surface area contributed by atoms with E-state index in [1.807, 2.05) is 0 Å². The summed E-state index contributed by atoms with van der Waals surface area (Å²) in [4.78, 5) is 31.6. The summed E-state index contributed by atoms with van der Waals surface area (Å²) in [6.45, 7) is 14.6. The average molecular weight is 711 g/mol. The standard InChI is InChI=1S/2C18H34O2.C6H15N.CH3NO/c2*1-2-3-4-5-6-7-8-9-10-11-12-13-14-15-16-17-18(19)20;1-4-7(5-2)6-3;2-1-3/h2*9-10H,2-8,11-17H2,1H3,(H,19,20);4-6H2,1-3H3;1H,(H2,2,3)/b2*10-9-;;.